The van der Waals surface area contributed by atoms with Crippen LogP contribution >= 0.6 is 22.9 Å². The molecule has 1 amide bonds. The molecule has 1 aromatic carbocycles. The summed E-state index contributed by atoms with van der Waals surface area (Å²) < 4.78 is 1.53. The normalized spacial score (nSPS) is 14.5. The van der Waals surface area contributed by atoms with Gasteiger partial charge in [0.05, 0.1) is 15.6 Å². The third kappa shape index (κ3) is 4.18. The van der Waals surface area contributed by atoms with E-state index in [0.717, 1.165) is 26.7 Å². The SMILES string of the molecule is CCNC(=O)C#CC1N=C(c2ccc(Cl)cc2)c2nc(C)sc2-c2cn(C)c(=O)cc21. The summed E-state index contributed by atoms with van der Waals surface area (Å²) in [6.07, 6.45) is 1.79. The van der Waals surface area contributed by atoms with Crippen molar-refractivity contribution in [3.05, 3.63) is 73.7 Å². The number of aromatic nitrogens is 2. The van der Waals surface area contributed by atoms with E-state index in [0.29, 0.717) is 22.8 Å². The Balaban J connectivity index is 2.00. The topological polar surface area (TPSA) is 76.3 Å². The van der Waals surface area contributed by atoms with E-state index in [1.54, 1.807) is 31.4 Å². The lowest BCUT2D eigenvalue weighted by atomic mass is 10.0. The van der Waals surface area contributed by atoms with E-state index in [2.05, 4.69) is 17.2 Å². The molecule has 8 heteroatoms. The Bertz CT molecular complexity index is 1330. The summed E-state index contributed by atoms with van der Waals surface area (Å²) in [7, 11) is 1.71. The fraction of sp³-hybridized carbons (Fsp3) is 0.217. The summed E-state index contributed by atoms with van der Waals surface area (Å²) in [6, 6.07) is 8.19. The largest absolute Gasteiger partial charge is 0.346 e. The molecule has 156 valence electrons. The Kier molecular flexibility index (Phi) is 5.77. The molecule has 1 N–H and O–H groups in total. The third-order valence-corrected chi connectivity index (χ3v) is 6.05. The van der Waals surface area contributed by atoms with E-state index in [1.165, 1.54) is 15.9 Å². The highest BCUT2D eigenvalue weighted by atomic mass is 35.5. The second-order valence-corrected chi connectivity index (χ2v) is 8.66. The van der Waals surface area contributed by atoms with Crippen LogP contribution in [0.2, 0.25) is 5.02 Å². The molecule has 3 aromatic rings. The molecule has 1 unspecified atom stereocenters. The van der Waals surface area contributed by atoms with E-state index in [4.69, 9.17) is 21.6 Å². The molecule has 0 radical (unpaired) electrons. The number of nitrogens with one attached hydrogen (secondary N) is 1. The van der Waals surface area contributed by atoms with Crippen LogP contribution in [-0.4, -0.2) is 27.7 Å². The highest BCUT2D eigenvalue weighted by Crippen LogP contribution is 2.39. The van der Waals surface area contributed by atoms with Crippen molar-refractivity contribution in [2.24, 2.45) is 12.0 Å². The predicted molar refractivity (Wildman–Crippen MR) is 124 cm³/mol. The van der Waals surface area contributed by atoms with Crippen LogP contribution in [0.15, 0.2) is 46.3 Å². The van der Waals surface area contributed by atoms with Crippen LogP contribution in [-0.2, 0) is 11.8 Å². The van der Waals surface area contributed by atoms with Gasteiger partial charge in [0.25, 0.3) is 11.5 Å². The van der Waals surface area contributed by atoms with Crippen molar-refractivity contribution in [1.29, 1.82) is 0 Å². The van der Waals surface area contributed by atoms with Crippen LogP contribution in [0, 0.1) is 18.8 Å². The van der Waals surface area contributed by atoms with Crippen LogP contribution in [0.25, 0.3) is 10.4 Å². The van der Waals surface area contributed by atoms with Crippen molar-refractivity contribution in [2.45, 2.75) is 19.9 Å². The molecular weight excluding hydrogens is 432 g/mol. The van der Waals surface area contributed by atoms with Gasteiger partial charge in [-0.3, -0.25) is 14.6 Å². The van der Waals surface area contributed by atoms with E-state index in [1.807, 2.05) is 26.0 Å². The maximum Gasteiger partial charge on any atom is 0.295 e. The smallest absolute Gasteiger partial charge is 0.295 e. The van der Waals surface area contributed by atoms with E-state index in [-0.39, 0.29) is 11.5 Å². The second-order valence-electron chi connectivity index (χ2n) is 7.02. The number of thiazole rings is 1. The van der Waals surface area contributed by atoms with Crippen LogP contribution in [0.5, 0.6) is 0 Å². The van der Waals surface area contributed by atoms with Crippen molar-refractivity contribution in [3.63, 3.8) is 0 Å². The molecule has 4 rings (SSSR count). The maximum atomic E-state index is 12.5. The van der Waals surface area contributed by atoms with Crippen molar-refractivity contribution in [2.75, 3.05) is 6.54 Å². The predicted octanol–water partition coefficient (Wildman–Crippen LogP) is 3.50. The zero-order valence-corrected chi connectivity index (χ0v) is 18.8. The Morgan fingerprint density at radius 2 is 2.06 bits per heavy atom. The number of rotatable bonds is 2. The lowest BCUT2D eigenvalue weighted by Gasteiger charge is -2.11. The zero-order valence-electron chi connectivity index (χ0n) is 17.2. The van der Waals surface area contributed by atoms with Crippen molar-refractivity contribution < 1.29 is 4.79 Å². The first-order valence-electron chi connectivity index (χ1n) is 9.69. The van der Waals surface area contributed by atoms with Crippen LogP contribution in [0.3, 0.4) is 0 Å². The van der Waals surface area contributed by atoms with Crippen LogP contribution in [0.1, 0.15) is 34.8 Å². The average Bonchev–Trinajstić information content (AvgIpc) is 3.07. The van der Waals surface area contributed by atoms with Gasteiger partial charge >= 0.3 is 0 Å². The average molecular weight is 451 g/mol. The number of amides is 1. The van der Waals surface area contributed by atoms with Gasteiger partial charge in [-0.25, -0.2) is 4.98 Å². The molecular formula is C23H19ClN4O2S. The standard InChI is InChI=1S/C23H19ClN4O2S/c1-4-25-19(29)10-9-18-16-11-20(30)28(3)12-17(16)23-22(26-13(2)31-23)21(27-18)14-5-7-15(24)8-6-14/h5-8,11-12,18H,4H2,1-3H3,(H,25,29). The number of hydrogen-bond acceptors (Lipinski definition) is 5. The van der Waals surface area contributed by atoms with Gasteiger partial charge in [-0.15, -0.1) is 11.3 Å². The molecule has 1 aliphatic rings. The molecule has 0 aliphatic carbocycles. The van der Waals surface area contributed by atoms with E-state index >= 15 is 0 Å². The molecule has 0 bridgehead atoms. The molecule has 0 saturated heterocycles. The first-order chi connectivity index (χ1) is 14.9. The molecule has 0 fully saturated rings. The second kappa shape index (κ2) is 8.50. The number of hydrogen-bond donors (Lipinski definition) is 1. The van der Waals surface area contributed by atoms with Crippen molar-refractivity contribution in [1.82, 2.24) is 14.9 Å². The summed E-state index contributed by atoms with van der Waals surface area (Å²) in [5, 5.41) is 4.17. The lowest BCUT2D eigenvalue weighted by molar-refractivity contribution is -0.115. The van der Waals surface area contributed by atoms with Crippen LogP contribution < -0.4 is 10.9 Å². The Hall–Kier alpha value is -3.21. The Labute approximate surface area is 188 Å². The number of carbonyl (C=O) groups excluding carboxylic acids is 1. The number of halogens is 1. The Morgan fingerprint density at radius 1 is 1.32 bits per heavy atom. The minimum absolute atomic E-state index is 0.170. The minimum atomic E-state index is -0.695. The van der Waals surface area contributed by atoms with Crippen LogP contribution in [0.4, 0.5) is 0 Å². The number of benzene rings is 1. The quantitative estimate of drug-likeness (QED) is 0.607. The molecule has 3 heterocycles. The first kappa shape index (κ1) is 21.0. The van der Waals surface area contributed by atoms with Gasteiger partial charge in [0.1, 0.15) is 11.7 Å². The summed E-state index contributed by atoms with van der Waals surface area (Å²) in [5.74, 6) is 5.18. The summed E-state index contributed by atoms with van der Waals surface area (Å²) in [4.78, 5) is 35.0. The van der Waals surface area contributed by atoms with E-state index in [9.17, 15) is 9.59 Å². The minimum Gasteiger partial charge on any atom is -0.346 e. The molecule has 0 saturated carbocycles. The van der Waals surface area contributed by atoms with Crippen molar-refractivity contribution in [3.8, 4) is 22.3 Å². The molecule has 6 nitrogen and oxygen atoms in total. The van der Waals surface area contributed by atoms with Gasteiger partial charge in [-0.05, 0) is 31.9 Å². The highest BCUT2D eigenvalue weighted by Gasteiger charge is 2.28. The molecule has 1 aliphatic heterocycles. The number of fused-ring (bicyclic) bond motifs is 3. The number of aliphatic imine (C=N–C) groups is 1. The molecule has 2 aromatic heterocycles. The fourth-order valence-corrected chi connectivity index (χ4v) is 4.44. The lowest BCUT2D eigenvalue weighted by Crippen LogP contribution is -2.20. The number of pyridine rings is 1. The number of carbonyl (C=O) groups is 1. The summed E-state index contributed by atoms with van der Waals surface area (Å²) >= 11 is 7.62. The molecule has 31 heavy (non-hydrogen) atoms. The summed E-state index contributed by atoms with van der Waals surface area (Å²) in [6.45, 7) is 4.24. The summed E-state index contributed by atoms with van der Waals surface area (Å²) in [5.41, 5.74) is 3.54. The highest BCUT2D eigenvalue weighted by molar-refractivity contribution is 7.15. The zero-order chi connectivity index (χ0) is 22.1. The maximum absolute atomic E-state index is 12.5. The number of aryl methyl sites for hydroxylation is 2. The van der Waals surface area contributed by atoms with Gasteiger partial charge in [0, 0.05) is 47.6 Å². The first-order valence-corrected chi connectivity index (χ1v) is 10.9. The van der Waals surface area contributed by atoms with Gasteiger partial charge in [-0.2, -0.15) is 0 Å². The van der Waals surface area contributed by atoms with Gasteiger partial charge in [0.15, 0.2) is 0 Å². The fourth-order valence-electron chi connectivity index (χ4n) is 3.36. The van der Waals surface area contributed by atoms with Gasteiger partial charge in [-0.1, -0.05) is 29.7 Å². The molecule has 0 spiro atoms. The van der Waals surface area contributed by atoms with Crippen molar-refractivity contribution >= 4 is 34.6 Å². The third-order valence-electron chi connectivity index (χ3n) is 4.79. The monoisotopic (exact) mass is 450 g/mol. The van der Waals surface area contributed by atoms with Gasteiger partial charge in [0.2, 0.25) is 0 Å². The number of nitrogens with zero attached hydrogens (tertiary/aromatic N) is 3. The van der Waals surface area contributed by atoms with E-state index < -0.39 is 6.04 Å². The Morgan fingerprint density at radius 3 is 2.77 bits per heavy atom. The molecule has 1 atom stereocenters. The van der Waals surface area contributed by atoms with Gasteiger partial charge < -0.3 is 9.88 Å².